The summed E-state index contributed by atoms with van der Waals surface area (Å²) in [5.41, 5.74) is 2.86. The average Bonchev–Trinajstić information content (AvgIpc) is 2.55. The lowest BCUT2D eigenvalue weighted by Gasteiger charge is -2.35. The van der Waals surface area contributed by atoms with Gasteiger partial charge in [0.2, 0.25) is 0 Å². The van der Waals surface area contributed by atoms with Crippen molar-refractivity contribution < 1.29 is 0 Å². The summed E-state index contributed by atoms with van der Waals surface area (Å²) in [6.45, 7) is 8.52. The van der Waals surface area contributed by atoms with E-state index in [-0.39, 0.29) is 0 Å². The first kappa shape index (κ1) is 16.1. The van der Waals surface area contributed by atoms with Crippen molar-refractivity contribution in [1.82, 2.24) is 24.8 Å². The fourth-order valence-electron chi connectivity index (χ4n) is 3.05. The van der Waals surface area contributed by atoms with E-state index in [1.165, 1.54) is 13.0 Å². The van der Waals surface area contributed by atoms with Gasteiger partial charge in [0.1, 0.15) is 11.8 Å². The number of aryl methyl sites for hydroxylation is 1. The van der Waals surface area contributed by atoms with Gasteiger partial charge in [0.15, 0.2) is 5.82 Å². The molecule has 1 aliphatic rings. The highest BCUT2D eigenvalue weighted by Gasteiger charge is 2.20. The van der Waals surface area contributed by atoms with Crippen LogP contribution in [0.25, 0.3) is 11.0 Å². The van der Waals surface area contributed by atoms with Crippen LogP contribution < -0.4 is 4.90 Å². The molecule has 2 aromatic heterocycles. The fraction of sp³-hybridized carbons (Fsp3) is 0.588. The Bertz CT molecular complexity index is 649. The van der Waals surface area contributed by atoms with Gasteiger partial charge in [0, 0.05) is 31.9 Å². The summed E-state index contributed by atoms with van der Waals surface area (Å²) >= 11 is 0. The minimum Gasteiger partial charge on any atom is -0.352 e. The SMILES string of the molecule is Cc1ccc2ncnc(N3CCN(CCCN(C)C)CC3)c2n1. The minimum atomic E-state index is 0.925. The standard InChI is InChI=1S/C17H26N6/c1-14-5-6-15-16(20-14)17(19-13-18-15)23-11-9-22(10-12-23)8-4-7-21(2)3/h5-6,13H,4,7-12H2,1-3H3. The van der Waals surface area contributed by atoms with Crippen LogP contribution in [0.5, 0.6) is 0 Å². The predicted octanol–water partition coefficient (Wildman–Crippen LogP) is 1.41. The second kappa shape index (κ2) is 7.19. The van der Waals surface area contributed by atoms with Gasteiger partial charge in [-0.2, -0.15) is 0 Å². The number of anilines is 1. The van der Waals surface area contributed by atoms with Crippen LogP contribution in [0.1, 0.15) is 12.1 Å². The average molecular weight is 314 g/mol. The molecule has 0 saturated carbocycles. The Balaban J connectivity index is 1.65. The molecule has 0 aromatic carbocycles. The Morgan fingerprint density at radius 1 is 1.09 bits per heavy atom. The first-order valence-corrected chi connectivity index (χ1v) is 8.34. The lowest BCUT2D eigenvalue weighted by atomic mass is 10.2. The van der Waals surface area contributed by atoms with Crippen molar-refractivity contribution in [3.05, 3.63) is 24.2 Å². The minimum absolute atomic E-state index is 0.925. The van der Waals surface area contributed by atoms with Crippen molar-refractivity contribution in [2.75, 3.05) is 58.3 Å². The van der Waals surface area contributed by atoms with Crippen LogP contribution in [-0.2, 0) is 0 Å². The number of piperazine rings is 1. The van der Waals surface area contributed by atoms with Crippen LogP contribution in [-0.4, -0.2) is 78.1 Å². The molecule has 0 aliphatic carbocycles. The number of rotatable bonds is 5. The molecule has 6 heteroatoms. The molecule has 0 amide bonds. The van der Waals surface area contributed by atoms with Crippen LogP contribution >= 0.6 is 0 Å². The molecule has 124 valence electrons. The maximum absolute atomic E-state index is 4.65. The van der Waals surface area contributed by atoms with Gasteiger partial charge in [0.25, 0.3) is 0 Å². The van der Waals surface area contributed by atoms with E-state index < -0.39 is 0 Å². The Morgan fingerprint density at radius 3 is 2.61 bits per heavy atom. The molecule has 0 bridgehead atoms. The van der Waals surface area contributed by atoms with Gasteiger partial charge in [-0.1, -0.05) is 0 Å². The molecule has 3 heterocycles. The van der Waals surface area contributed by atoms with Crippen molar-refractivity contribution in [3.63, 3.8) is 0 Å². The van der Waals surface area contributed by atoms with Gasteiger partial charge < -0.3 is 9.80 Å². The summed E-state index contributed by atoms with van der Waals surface area (Å²) in [6.07, 6.45) is 2.88. The second-order valence-electron chi connectivity index (χ2n) is 6.50. The number of pyridine rings is 1. The largest absolute Gasteiger partial charge is 0.352 e. The summed E-state index contributed by atoms with van der Waals surface area (Å²) in [7, 11) is 4.26. The zero-order valence-electron chi connectivity index (χ0n) is 14.4. The van der Waals surface area contributed by atoms with E-state index in [0.29, 0.717) is 0 Å². The number of hydrogen-bond acceptors (Lipinski definition) is 6. The van der Waals surface area contributed by atoms with E-state index in [1.807, 2.05) is 19.1 Å². The van der Waals surface area contributed by atoms with E-state index in [4.69, 9.17) is 0 Å². The summed E-state index contributed by atoms with van der Waals surface area (Å²) in [5.74, 6) is 0.978. The molecule has 1 fully saturated rings. The Hall–Kier alpha value is -1.79. The van der Waals surface area contributed by atoms with Crippen molar-refractivity contribution in [3.8, 4) is 0 Å². The topological polar surface area (TPSA) is 48.4 Å². The molecular weight excluding hydrogens is 288 g/mol. The summed E-state index contributed by atoms with van der Waals surface area (Å²) < 4.78 is 0. The molecule has 1 saturated heterocycles. The number of fused-ring (bicyclic) bond motifs is 1. The Kier molecular flexibility index (Phi) is 5.03. The maximum atomic E-state index is 4.65. The maximum Gasteiger partial charge on any atom is 0.158 e. The zero-order chi connectivity index (χ0) is 16.2. The molecule has 1 aliphatic heterocycles. The van der Waals surface area contributed by atoms with Gasteiger partial charge in [0.05, 0.1) is 5.52 Å². The van der Waals surface area contributed by atoms with Gasteiger partial charge in [-0.3, -0.25) is 4.90 Å². The molecule has 0 N–H and O–H groups in total. The summed E-state index contributed by atoms with van der Waals surface area (Å²) in [6, 6.07) is 4.03. The summed E-state index contributed by atoms with van der Waals surface area (Å²) in [4.78, 5) is 20.6. The molecule has 2 aromatic rings. The fourth-order valence-corrected chi connectivity index (χ4v) is 3.05. The Labute approximate surface area is 138 Å². The van der Waals surface area contributed by atoms with Crippen LogP contribution in [0.4, 0.5) is 5.82 Å². The normalized spacial score (nSPS) is 16.4. The van der Waals surface area contributed by atoms with Crippen LogP contribution in [0.2, 0.25) is 0 Å². The van der Waals surface area contributed by atoms with Crippen LogP contribution in [0.15, 0.2) is 18.5 Å². The quantitative estimate of drug-likeness (QED) is 0.831. The second-order valence-corrected chi connectivity index (χ2v) is 6.50. The van der Waals surface area contributed by atoms with E-state index in [2.05, 4.69) is 43.7 Å². The van der Waals surface area contributed by atoms with Gasteiger partial charge >= 0.3 is 0 Å². The smallest absolute Gasteiger partial charge is 0.158 e. The lowest BCUT2D eigenvalue weighted by molar-refractivity contribution is 0.242. The van der Waals surface area contributed by atoms with Gasteiger partial charge in [-0.05, 0) is 52.7 Å². The zero-order valence-corrected chi connectivity index (χ0v) is 14.4. The lowest BCUT2D eigenvalue weighted by Crippen LogP contribution is -2.47. The molecular formula is C17H26N6. The van der Waals surface area contributed by atoms with Gasteiger partial charge in [-0.15, -0.1) is 0 Å². The molecule has 6 nitrogen and oxygen atoms in total. The molecule has 0 radical (unpaired) electrons. The third kappa shape index (κ3) is 3.95. The van der Waals surface area contributed by atoms with E-state index in [9.17, 15) is 0 Å². The highest BCUT2D eigenvalue weighted by molar-refractivity contribution is 5.85. The van der Waals surface area contributed by atoms with E-state index in [1.54, 1.807) is 6.33 Å². The first-order chi connectivity index (χ1) is 11.1. The van der Waals surface area contributed by atoms with Crippen molar-refractivity contribution in [2.45, 2.75) is 13.3 Å². The van der Waals surface area contributed by atoms with Gasteiger partial charge in [-0.25, -0.2) is 15.0 Å². The Morgan fingerprint density at radius 2 is 1.87 bits per heavy atom. The van der Waals surface area contributed by atoms with Crippen molar-refractivity contribution in [1.29, 1.82) is 0 Å². The third-order valence-electron chi connectivity index (χ3n) is 4.35. The molecule has 0 spiro atoms. The molecule has 23 heavy (non-hydrogen) atoms. The van der Waals surface area contributed by atoms with Crippen LogP contribution in [0, 0.1) is 6.92 Å². The predicted molar refractivity (Wildman–Crippen MR) is 93.9 cm³/mol. The number of aromatic nitrogens is 3. The van der Waals surface area contributed by atoms with Crippen LogP contribution in [0.3, 0.4) is 0 Å². The highest BCUT2D eigenvalue weighted by Crippen LogP contribution is 2.22. The monoisotopic (exact) mass is 314 g/mol. The van der Waals surface area contributed by atoms with E-state index in [0.717, 1.165) is 55.3 Å². The molecule has 0 atom stereocenters. The number of hydrogen-bond donors (Lipinski definition) is 0. The summed E-state index contributed by atoms with van der Waals surface area (Å²) in [5, 5.41) is 0. The highest BCUT2D eigenvalue weighted by atomic mass is 15.3. The third-order valence-corrected chi connectivity index (χ3v) is 4.35. The first-order valence-electron chi connectivity index (χ1n) is 8.34. The van der Waals surface area contributed by atoms with Crippen molar-refractivity contribution >= 4 is 16.9 Å². The molecule has 0 unspecified atom stereocenters. The number of nitrogens with zero attached hydrogens (tertiary/aromatic N) is 6. The van der Waals surface area contributed by atoms with E-state index >= 15 is 0 Å². The van der Waals surface area contributed by atoms with Crippen molar-refractivity contribution in [2.24, 2.45) is 0 Å². The molecule has 3 rings (SSSR count).